The van der Waals surface area contributed by atoms with Crippen LogP contribution in [0.1, 0.15) is 17.5 Å². The number of ketones is 1. The molecule has 3 nitrogen and oxygen atoms in total. The van der Waals surface area contributed by atoms with Gasteiger partial charge in [0.05, 0.1) is 6.20 Å². The first kappa shape index (κ1) is 12.5. The van der Waals surface area contributed by atoms with Crippen molar-refractivity contribution >= 4 is 5.78 Å². The van der Waals surface area contributed by atoms with Crippen molar-refractivity contribution in [2.24, 2.45) is 7.05 Å². The fourth-order valence-electron chi connectivity index (χ4n) is 1.83. The van der Waals surface area contributed by atoms with Crippen LogP contribution in [0.25, 0.3) is 0 Å². The highest BCUT2D eigenvalue weighted by molar-refractivity contribution is 5.81. The number of aromatic nitrogens is 2. The number of halogens is 1. The second-order valence-corrected chi connectivity index (χ2v) is 4.33. The average Bonchev–Trinajstić information content (AvgIpc) is 2.76. The summed E-state index contributed by atoms with van der Waals surface area (Å²) in [5.74, 6) is -0.267. The topological polar surface area (TPSA) is 34.9 Å². The third-order valence-corrected chi connectivity index (χ3v) is 2.80. The Hall–Kier alpha value is -1.97. The summed E-state index contributed by atoms with van der Waals surface area (Å²) in [5, 5.41) is 4.04. The van der Waals surface area contributed by atoms with E-state index in [0.717, 1.165) is 5.56 Å². The van der Waals surface area contributed by atoms with E-state index < -0.39 is 0 Å². The van der Waals surface area contributed by atoms with Crippen LogP contribution in [0.4, 0.5) is 4.39 Å². The minimum atomic E-state index is -0.313. The van der Waals surface area contributed by atoms with Crippen LogP contribution in [0.5, 0.6) is 0 Å². The van der Waals surface area contributed by atoms with Crippen LogP contribution < -0.4 is 0 Å². The van der Waals surface area contributed by atoms with E-state index in [1.54, 1.807) is 29.1 Å². The maximum atomic E-state index is 13.4. The molecule has 1 heterocycles. The van der Waals surface area contributed by atoms with Crippen LogP contribution in [-0.2, 0) is 24.7 Å². The van der Waals surface area contributed by atoms with E-state index in [0.29, 0.717) is 18.4 Å². The van der Waals surface area contributed by atoms with Crippen molar-refractivity contribution in [3.05, 3.63) is 53.6 Å². The lowest BCUT2D eigenvalue weighted by molar-refractivity contribution is -0.118. The molecular formula is C14H15FN2O. The molecule has 0 saturated carbocycles. The summed E-state index contributed by atoms with van der Waals surface area (Å²) in [6, 6.07) is 6.40. The fourth-order valence-corrected chi connectivity index (χ4v) is 1.83. The standard InChI is InChI=1S/C14H15FN2O/c1-17-10-11(9-16-17)6-7-13(18)8-12-4-2-3-5-14(12)15/h2-5,9-10H,6-8H2,1H3. The smallest absolute Gasteiger partial charge is 0.137 e. The summed E-state index contributed by atoms with van der Waals surface area (Å²) < 4.78 is 15.1. The van der Waals surface area contributed by atoms with Gasteiger partial charge in [0, 0.05) is 26.1 Å². The van der Waals surface area contributed by atoms with Crippen LogP contribution >= 0.6 is 0 Å². The summed E-state index contributed by atoms with van der Waals surface area (Å²) in [4.78, 5) is 11.8. The molecule has 0 aliphatic rings. The average molecular weight is 246 g/mol. The number of aryl methyl sites for hydroxylation is 2. The summed E-state index contributed by atoms with van der Waals surface area (Å²) in [6.45, 7) is 0. The SMILES string of the molecule is Cn1cc(CCC(=O)Cc2ccccc2F)cn1. The molecule has 1 aromatic carbocycles. The van der Waals surface area contributed by atoms with Gasteiger partial charge >= 0.3 is 0 Å². The quantitative estimate of drug-likeness (QED) is 0.811. The molecule has 0 bridgehead atoms. The van der Waals surface area contributed by atoms with Crippen LogP contribution in [0.3, 0.4) is 0 Å². The highest BCUT2D eigenvalue weighted by Gasteiger charge is 2.08. The highest BCUT2D eigenvalue weighted by atomic mass is 19.1. The molecule has 0 aliphatic heterocycles. The Morgan fingerprint density at radius 3 is 2.83 bits per heavy atom. The van der Waals surface area contributed by atoms with Gasteiger partial charge in [0.1, 0.15) is 11.6 Å². The van der Waals surface area contributed by atoms with Crippen LogP contribution in [0, 0.1) is 5.82 Å². The van der Waals surface area contributed by atoms with Gasteiger partial charge in [-0.1, -0.05) is 18.2 Å². The molecule has 2 aromatic rings. The van der Waals surface area contributed by atoms with E-state index in [4.69, 9.17) is 0 Å². The highest BCUT2D eigenvalue weighted by Crippen LogP contribution is 2.10. The van der Waals surface area contributed by atoms with Gasteiger partial charge in [0.15, 0.2) is 0 Å². The van der Waals surface area contributed by atoms with Gasteiger partial charge in [-0.15, -0.1) is 0 Å². The monoisotopic (exact) mass is 246 g/mol. The Balaban J connectivity index is 1.88. The first-order chi connectivity index (χ1) is 8.65. The van der Waals surface area contributed by atoms with E-state index in [1.807, 2.05) is 13.2 Å². The number of benzene rings is 1. The number of rotatable bonds is 5. The lowest BCUT2D eigenvalue weighted by Crippen LogP contribution is -2.05. The van der Waals surface area contributed by atoms with Crippen molar-refractivity contribution in [1.82, 2.24) is 9.78 Å². The lowest BCUT2D eigenvalue weighted by Gasteiger charge is -2.02. The molecule has 94 valence electrons. The zero-order valence-electron chi connectivity index (χ0n) is 10.3. The molecular weight excluding hydrogens is 231 g/mol. The van der Waals surface area contributed by atoms with E-state index in [-0.39, 0.29) is 18.0 Å². The van der Waals surface area contributed by atoms with Gasteiger partial charge in [0.25, 0.3) is 0 Å². The molecule has 0 spiro atoms. The maximum absolute atomic E-state index is 13.4. The van der Waals surface area contributed by atoms with Gasteiger partial charge in [-0.05, 0) is 23.6 Å². The summed E-state index contributed by atoms with van der Waals surface area (Å²) in [7, 11) is 1.84. The first-order valence-corrected chi connectivity index (χ1v) is 5.88. The molecule has 0 unspecified atom stereocenters. The van der Waals surface area contributed by atoms with Crippen molar-refractivity contribution in [3.8, 4) is 0 Å². The zero-order valence-corrected chi connectivity index (χ0v) is 10.3. The Kier molecular flexibility index (Phi) is 3.87. The van der Waals surface area contributed by atoms with E-state index >= 15 is 0 Å². The second-order valence-electron chi connectivity index (χ2n) is 4.33. The third kappa shape index (κ3) is 3.26. The fraction of sp³-hybridized carbons (Fsp3) is 0.286. The van der Waals surface area contributed by atoms with Crippen molar-refractivity contribution < 1.29 is 9.18 Å². The molecule has 2 rings (SSSR count). The zero-order chi connectivity index (χ0) is 13.0. The summed E-state index contributed by atoms with van der Waals surface area (Å²) in [6.07, 6.45) is 4.86. The molecule has 0 aliphatic carbocycles. The van der Waals surface area contributed by atoms with E-state index in [1.165, 1.54) is 6.07 Å². The molecule has 18 heavy (non-hydrogen) atoms. The number of nitrogens with zero attached hydrogens (tertiary/aromatic N) is 2. The number of hydrogen-bond donors (Lipinski definition) is 0. The molecule has 0 radical (unpaired) electrons. The van der Waals surface area contributed by atoms with Crippen LogP contribution in [-0.4, -0.2) is 15.6 Å². The summed E-state index contributed by atoms with van der Waals surface area (Å²) >= 11 is 0. The minimum Gasteiger partial charge on any atom is -0.299 e. The predicted octanol–water partition coefficient (Wildman–Crippen LogP) is 2.30. The molecule has 0 amide bonds. The number of Topliss-reactive ketones (excluding diaryl/α,β-unsaturated/α-hetero) is 1. The van der Waals surface area contributed by atoms with Crippen molar-refractivity contribution in [1.29, 1.82) is 0 Å². The molecule has 4 heteroatoms. The van der Waals surface area contributed by atoms with E-state index in [2.05, 4.69) is 5.10 Å². The van der Waals surface area contributed by atoms with Crippen LogP contribution in [0.2, 0.25) is 0 Å². The Labute approximate surface area is 105 Å². The summed E-state index contributed by atoms with van der Waals surface area (Å²) in [5.41, 5.74) is 1.49. The van der Waals surface area contributed by atoms with Gasteiger partial charge in [-0.2, -0.15) is 5.10 Å². The lowest BCUT2D eigenvalue weighted by atomic mass is 10.0. The minimum absolute atomic E-state index is 0.0453. The molecule has 1 aromatic heterocycles. The van der Waals surface area contributed by atoms with Crippen molar-refractivity contribution in [2.75, 3.05) is 0 Å². The first-order valence-electron chi connectivity index (χ1n) is 5.88. The molecule has 0 fully saturated rings. The third-order valence-electron chi connectivity index (χ3n) is 2.80. The van der Waals surface area contributed by atoms with E-state index in [9.17, 15) is 9.18 Å². The second kappa shape index (κ2) is 5.58. The van der Waals surface area contributed by atoms with Crippen molar-refractivity contribution in [3.63, 3.8) is 0 Å². The Morgan fingerprint density at radius 2 is 2.17 bits per heavy atom. The van der Waals surface area contributed by atoms with Gasteiger partial charge in [-0.25, -0.2) is 4.39 Å². The predicted molar refractivity (Wildman–Crippen MR) is 66.6 cm³/mol. The van der Waals surface area contributed by atoms with Gasteiger partial charge in [-0.3, -0.25) is 9.48 Å². The normalized spacial score (nSPS) is 10.6. The Morgan fingerprint density at radius 1 is 1.39 bits per heavy atom. The van der Waals surface area contributed by atoms with Gasteiger partial charge in [0.2, 0.25) is 0 Å². The van der Waals surface area contributed by atoms with Crippen molar-refractivity contribution in [2.45, 2.75) is 19.3 Å². The number of carbonyl (C=O) groups is 1. The molecule has 0 saturated heterocycles. The largest absolute Gasteiger partial charge is 0.299 e. The molecule has 0 atom stereocenters. The maximum Gasteiger partial charge on any atom is 0.137 e. The van der Waals surface area contributed by atoms with Crippen LogP contribution in [0.15, 0.2) is 36.7 Å². The number of carbonyl (C=O) groups excluding carboxylic acids is 1. The molecule has 0 N–H and O–H groups in total. The van der Waals surface area contributed by atoms with Gasteiger partial charge < -0.3 is 0 Å². The Bertz CT molecular complexity index is 548. The number of hydrogen-bond acceptors (Lipinski definition) is 2.